The largest absolute Gasteiger partial charge is 0.491 e. The number of nitrogens with zero attached hydrogens (tertiary/aromatic N) is 1. The van der Waals surface area contributed by atoms with E-state index >= 15 is 0 Å². The fourth-order valence-corrected chi connectivity index (χ4v) is 2.80. The lowest BCUT2D eigenvalue weighted by molar-refractivity contribution is 0.103. The molecule has 0 aliphatic heterocycles. The minimum Gasteiger partial charge on any atom is -0.491 e. The molecule has 0 unspecified atom stereocenters. The minimum absolute atomic E-state index is 0.149. The van der Waals surface area contributed by atoms with Gasteiger partial charge in [-0.25, -0.2) is 4.98 Å². The maximum absolute atomic E-state index is 12.0. The standard InChI is InChI=1S/C19H19N3O2S/c1-13(2)24-16-8-5-14(6-9-16)21-15-7-10-18(20-12-15)22-19(23)17-4-3-11-25-17/h3-13,21H,1-2H3,(H,20,22,23). The molecular formula is C19H19N3O2S. The molecule has 3 rings (SSSR count). The van der Waals surface area contributed by atoms with E-state index in [1.165, 1.54) is 11.3 Å². The third-order valence-electron chi connectivity index (χ3n) is 3.26. The van der Waals surface area contributed by atoms with Gasteiger partial charge in [-0.1, -0.05) is 6.07 Å². The molecule has 0 saturated heterocycles. The van der Waals surface area contributed by atoms with Gasteiger partial charge in [0.1, 0.15) is 11.6 Å². The summed E-state index contributed by atoms with van der Waals surface area (Å²) in [4.78, 5) is 16.9. The number of ether oxygens (including phenoxy) is 1. The van der Waals surface area contributed by atoms with Crippen LogP contribution >= 0.6 is 11.3 Å². The monoisotopic (exact) mass is 353 g/mol. The van der Waals surface area contributed by atoms with Crippen LogP contribution in [0.25, 0.3) is 0 Å². The van der Waals surface area contributed by atoms with Crippen LogP contribution in [-0.4, -0.2) is 17.0 Å². The number of benzene rings is 1. The second kappa shape index (κ2) is 7.81. The minimum atomic E-state index is -0.149. The molecule has 25 heavy (non-hydrogen) atoms. The van der Waals surface area contributed by atoms with Crippen molar-refractivity contribution in [3.63, 3.8) is 0 Å². The summed E-state index contributed by atoms with van der Waals surface area (Å²) in [5.74, 6) is 1.21. The number of amides is 1. The fraction of sp³-hybridized carbons (Fsp3) is 0.158. The van der Waals surface area contributed by atoms with E-state index in [1.54, 1.807) is 18.3 Å². The number of hydrogen-bond donors (Lipinski definition) is 2. The lowest BCUT2D eigenvalue weighted by Gasteiger charge is -2.11. The Morgan fingerprint density at radius 2 is 1.84 bits per heavy atom. The molecule has 0 saturated carbocycles. The quantitative estimate of drug-likeness (QED) is 0.660. The van der Waals surface area contributed by atoms with Crippen LogP contribution in [0.2, 0.25) is 0 Å². The van der Waals surface area contributed by atoms with Crippen LogP contribution < -0.4 is 15.4 Å². The van der Waals surface area contributed by atoms with Gasteiger partial charge in [-0.05, 0) is 61.7 Å². The van der Waals surface area contributed by atoms with Crippen molar-refractivity contribution in [3.05, 3.63) is 65.0 Å². The molecule has 128 valence electrons. The smallest absolute Gasteiger partial charge is 0.266 e. The Kier molecular flexibility index (Phi) is 5.30. The molecule has 0 aliphatic carbocycles. The molecule has 6 heteroatoms. The van der Waals surface area contributed by atoms with Gasteiger partial charge in [-0.2, -0.15) is 0 Å². The van der Waals surface area contributed by atoms with Crippen LogP contribution in [0.1, 0.15) is 23.5 Å². The van der Waals surface area contributed by atoms with E-state index in [0.717, 1.165) is 17.1 Å². The number of carbonyl (C=O) groups is 1. The van der Waals surface area contributed by atoms with Crippen LogP contribution in [-0.2, 0) is 0 Å². The van der Waals surface area contributed by atoms with Crippen LogP contribution in [0.5, 0.6) is 5.75 Å². The Bertz CT molecular complexity index is 813. The Morgan fingerprint density at radius 1 is 1.08 bits per heavy atom. The van der Waals surface area contributed by atoms with E-state index in [2.05, 4.69) is 15.6 Å². The molecule has 2 aromatic heterocycles. The highest BCUT2D eigenvalue weighted by Crippen LogP contribution is 2.21. The molecule has 5 nitrogen and oxygen atoms in total. The number of aromatic nitrogens is 1. The molecule has 0 fully saturated rings. The normalized spacial score (nSPS) is 10.5. The molecule has 1 amide bonds. The van der Waals surface area contributed by atoms with Crippen molar-refractivity contribution in [2.45, 2.75) is 20.0 Å². The van der Waals surface area contributed by atoms with Gasteiger partial charge in [0.25, 0.3) is 5.91 Å². The van der Waals surface area contributed by atoms with Gasteiger partial charge in [-0.3, -0.25) is 4.79 Å². The summed E-state index contributed by atoms with van der Waals surface area (Å²) in [7, 11) is 0. The first kappa shape index (κ1) is 17.0. The van der Waals surface area contributed by atoms with Crippen LogP contribution in [0, 0.1) is 0 Å². The van der Waals surface area contributed by atoms with Crippen LogP contribution in [0.3, 0.4) is 0 Å². The van der Waals surface area contributed by atoms with Crippen molar-refractivity contribution in [1.82, 2.24) is 4.98 Å². The van der Waals surface area contributed by atoms with Gasteiger partial charge in [0.05, 0.1) is 22.9 Å². The predicted octanol–water partition coefficient (Wildman–Crippen LogP) is 4.93. The maximum Gasteiger partial charge on any atom is 0.266 e. The molecule has 0 aliphatic rings. The second-order valence-corrected chi connectivity index (χ2v) is 6.63. The highest BCUT2D eigenvalue weighted by atomic mass is 32.1. The average molecular weight is 353 g/mol. The van der Waals surface area contributed by atoms with Gasteiger partial charge < -0.3 is 15.4 Å². The summed E-state index contributed by atoms with van der Waals surface area (Å²) in [6, 6.07) is 15.0. The molecule has 2 heterocycles. The predicted molar refractivity (Wildman–Crippen MR) is 102 cm³/mol. The first-order valence-corrected chi connectivity index (χ1v) is 8.83. The summed E-state index contributed by atoms with van der Waals surface area (Å²) >= 11 is 1.40. The average Bonchev–Trinajstić information content (AvgIpc) is 3.13. The van der Waals surface area contributed by atoms with Crippen LogP contribution in [0.4, 0.5) is 17.2 Å². The number of pyridine rings is 1. The lowest BCUT2D eigenvalue weighted by Crippen LogP contribution is -2.11. The molecule has 0 atom stereocenters. The third-order valence-corrected chi connectivity index (χ3v) is 4.13. The number of thiophene rings is 1. The number of anilines is 3. The first-order valence-electron chi connectivity index (χ1n) is 7.95. The van der Waals surface area contributed by atoms with Crippen molar-refractivity contribution in [2.24, 2.45) is 0 Å². The summed E-state index contributed by atoms with van der Waals surface area (Å²) in [6.45, 7) is 3.99. The SMILES string of the molecule is CC(C)Oc1ccc(Nc2ccc(NC(=O)c3cccs3)nc2)cc1. The number of hydrogen-bond acceptors (Lipinski definition) is 5. The Labute approximate surface area is 150 Å². The molecule has 0 bridgehead atoms. The third kappa shape index (κ3) is 4.81. The number of nitrogens with one attached hydrogen (secondary N) is 2. The molecule has 0 spiro atoms. The molecule has 2 N–H and O–H groups in total. The zero-order valence-electron chi connectivity index (χ0n) is 14.0. The highest BCUT2D eigenvalue weighted by molar-refractivity contribution is 7.12. The number of carbonyl (C=O) groups excluding carboxylic acids is 1. The lowest BCUT2D eigenvalue weighted by atomic mass is 10.3. The van der Waals surface area contributed by atoms with Gasteiger partial charge in [-0.15, -0.1) is 11.3 Å². The fourth-order valence-electron chi connectivity index (χ4n) is 2.18. The summed E-state index contributed by atoms with van der Waals surface area (Å²) in [6.07, 6.45) is 1.84. The van der Waals surface area contributed by atoms with E-state index < -0.39 is 0 Å². The van der Waals surface area contributed by atoms with E-state index in [9.17, 15) is 4.79 Å². The number of rotatable bonds is 6. The van der Waals surface area contributed by atoms with Crippen LogP contribution in [0.15, 0.2) is 60.1 Å². The van der Waals surface area contributed by atoms with E-state index in [4.69, 9.17) is 4.74 Å². The Balaban J connectivity index is 1.59. The van der Waals surface area contributed by atoms with Crippen molar-refractivity contribution in [1.29, 1.82) is 0 Å². The topological polar surface area (TPSA) is 63.2 Å². The van der Waals surface area contributed by atoms with Crippen molar-refractivity contribution < 1.29 is 9.53 Å². The Morgan fingerprint density at radius 3 is 2.44 bits per heavy atom. The zero-order chi connectivity index (χ0) is 17.6. The van der Waals surface area contributed by atoms with Gasteiger partial charge in [0.15, 0.2) is 0 Å². The summed E-state index contributed by atoms with van der Waals surface area (Å²) in [5.41, 5.74) is 1.78. The summed E-state index contributed by atoms with van der Waals surface area (Å²) < 4.78 is 5.62. The van der Waals surface area contributed by atoms with Gasteiger partial charge >= 0.3 is 0 Å². The van der Waals surface area contributed by atoms with Gasteiger partial charge in [0.2, 0.25) is 0 Å². The molecule has 1 aromatic carbocycles. The van der Waals surface area contributed by atoms with Gasteiger partial charge in [0, 0.05) is 5.69 Å². The Hall–Kier alpha value is -2.86. The van der Waals surface area contributed by atoms with Crippen molar-refractivity contribution in [3.8, 4) is 5.75 Å². The van der Waals surface area contributed by atoms with E-state index in [1.807, 2.05) is 55.6 Å². The first-order chi connectivity index (χ1) is 12.1. The van der Waals surface area contributed by atoms with E-state index in [0.29, 0.717) is 10.7 Å². The molecule has 3 aromatic rings. The molecular weight excluding hydrogens is 334 g/mol. The summed E-state index contributed by atoms with van der Waals surface area (Å²) in [5, 5.41) is 7.91. The van der Waals surface area contributed by atoms with E-state index in [-0.39, 0.29) is 12.0 Å². The second-order valence-electron chi connectivity index (χ2n) is 5.68. The van der Waals surface area contributed by atoms with Crippen molar-refractivity contribution in [2.75, 3.05) is 10.6 Å². The highest BCUT2D eigenvalue weighted by Gasteiger charge is 2.07. The maximum atomic E-state index is 12.0. The molecule has 0 radical (unpaired) electrons. The zero-order valence-corrected chi connectivity index (χ0v) is 14.8. The van der Waals surface area contributed by atoms with Crippen molar-refractivity contribution >= 4 is 34.4 Å².